The van der Waals surface area contributed by atoms with Gasteiger partial charge in [0.05, 0.1) is 0 Å². The molecule has 33 heavy (non-hydrogen) atoms. The third-order valence-corrected chi connectivity index (χ3v) is 6.46. The lowest BCUT2D eigenvalue weighted by atomic mass is 10.0. The number of nitrogens with one attached hydrogen (secondary N) is 2. The van der Waals surface area contributed by atoms with Gasteiger partial charge in [-0.05, 0) is 60.2 Å². The van der Waals surface area contributed by atoms with Crippen LogP contribution in [0.4, 0.5) is 0 Å². The second kappa shape index (κ2) is 9.51. The first-order valence-corrected chi connectivity index (χ1v) is 11.6. The van der Waals surface area contributed by atoms with Crippen molar-refractivity contribution in [2.45, 2.75) is 32.4 Å². The van der Waals surface area contributed by atoms with E-state index < -0.39 is 0 Å². The number of aromatic amines is 1. The first kappa shape index (κ1) is 21.3. The number of rotatable bonds is 7. The number of phenolic OH excluding ortho intramolecular Hbond substituents is 1. The summed E-state index contributed by atoms with van der Waals surface area (Å²) in [6.07, 6.45) is 2.80. The van der Waals surface area contributed by atoms with Crippen LogP contribution in [-0.4, -0.2) is 34.0 Å². The monoisotopic (exact) mass is 439 g/mol. The standard InChI is InChI=1S/C28H29N3O2/c32-22-12-13-26-25(17-22)24-14-16-31(19-27(24)30-26)18-21-10-4-5-11-23(21)28(33)29-15-6-9-20-7-2-1-3-8-20/h1-5,7-8,10-13,17,30,32H,6,9,14-16,18-19H2,(H,29,33). The number of amides is 1. The van der Waals surface area contributed by atoms with E-state index in [4.69, 9.17) is 0 Å². The van der Waals surface area contributed by atoms with Crippen LogP contribution >= 0.6 is 0 Å². The van der Waals surface area contributed by atoms with Gasteiger partial charge in [-0.25, -0.2) is 0 Å². The van der Waals surface area contributed by atoms with E-state index in [1.54, 1.807) is 6.07 Å². The molecule has 0 unspecified atom stereocenters. The largest absolute Gasteiger partial charge is 0.508 e. The molecule has 0 spiro atoms. The average molecular weight is 440 g/mol. The number of hydrogen-bond acceptors (Lipinski definition) is 3. The average Bonchev–Trinajstić information content (AvgIpc) is 3.19. The highest BCUT2D eigenvalue weighted by Crippen LogP contribution is 2.30. The van der Waals surface area contributed by atoms with Gasteiger partial charge in [-0.3, -0.25) is 9.69 Å². The van der Waals surface area contributed by atoms with Crippen LogP contribution in [-0.2, 0) is 25.9 Å². The number of carbonyl (C=O) groups is 1. The number of aromatic hydroxyl groups is 1. The molecular weight excluding hydrogens is 410 g/mol. The molecule has 2 heterocycles. The van der Waals surface area contributed by atoms with E-state index in [1.807, 2.05) is 48.5 Å². The van der Waals surface area contributed by atoms with E-state index in [0.29, 0.717) is 12.3 Å². The Labute approximate surface area is 194 Å². The Kier molecular flexibility index (Phi) is 6.13. The maximum absolute atomic E-state index is 12.9. The molecule has 3 aromatic carbocycles. The lowest BCUT2D eigenvalue weighted by Crippen LogP contribution is -2.31. The molecule has 3 N–H and O–H groups in total. The lowest BCUT2D eigenvalue weighted by Gasteiger charge is -2.27. The number of benzene rings is 3. The van der Waals surface area contributed by atoms with Gasteiger partial charge < -0.3 is 15.4 Å². The predicted octanol–water partition coefficient (Wildman–Crippen LogP) is 4.79. The lowest BCUT2D eigenvalue weighted by molar-refractivity contribution is 0.0951. The molecule has 1 aromatic heterocycles. The van der Waals surface area contributed by atoms with Crippen molar-refractivity contribution in [1.82, 2.24) is 15.2 Å². The van der Waals surface area contributed by atoms with E-state index in [-0.39, 0.29) is 5.91 Å². The van der Waals surface area contributed by atoms with Crippen molar-refractivity contribution < 1.29 is 9.90 Å². The minimum Gasteiger partial charge on any atom is -0.508 e. The number of hydrogen-bond donors (Lipinski definition) is 3. The van der Waals surface area contributed by atoms with Crippen molar-refractivity contribution in [3.8, 4) is 5.75 Å². The van der Waals surface area contributed by atoms with Crippen molar-refractivity contribution in [1.29, 1.82) is 0 Å². The zero-order chi connectivity index (χ0) is 22.6. The third-order valence-electron chi connectivity index (χ3n) is 6.46. The topological polar surface area (TPSA) is 68.4 Å². The molecule has 5 heteroatoms. The van der Waals surface area contributed by atoms with Crippen LogP contribution < -0.4 is 5.32 Å². The van der Waals surface area contributed by atoms with Crippen molar-refractivity contribution in [2.24, 2.45) is 0 Å². The molecule has 0 atom stereocenters. The van der Waals surface area contributed by atoms with Crippen LogP contribution in [0.1, 0.15) is 39.2 Å². The zero-order valence-electron chi connectivity index (χ0n) is 18.7. The molecule has 5 nitrogen and oxygen atoms in total. The van der Waals surface area contributed by atoms with Gasteiger partial charge >= 0.3 is 0 Å². The van der Waals surface area contributed by atoms with E-state index >= 15 is 0 Å². The third kappa shape index (κ3) is 4.78. The van der Waals surface area contributed by atoms with Crippen LogP contribution in [0.5, 0.6) is 5.75 Å². The van der Waals surface area contributed by atoms with Crippen LogP contribution in [0.15, 0.2) is 72.8 Å². The molecule has 5 rings (SSSR count). The molecule has 4 aromatic rings. The minimum atomic E-state index is -0.00236. The fraction of sp³-hybridized carbons (Fsp3) is 0.250. The van der Waals surface area contributed by atoms with Crippen LogP contribution in [0.25, 0.3) is 10.9 Å². The summed E-state index contributed by atoms with van der Waals surface area (Å²) < 4.78 is 0. The first-order chi connectivity index (χ1) is 16.2. The fourth-order valence-corrected chi connectivity index (χ4v) is 4.77. The second-order valence-electron chi connectivity index (χ2n) is 8.77. The number of aromatic nitrogens is 1. The maximum atomic E-state index is 12.9. The van der Waals surface area contributed by atoms with Crippen molar-refractivity contribution in [3.05, 3.63) is 101 Å². The van der Waals surface area contributed by atoms with Crippen molar-refractivity contribution in [3.63, 3.8) is 0 Å². The Morgan fingerprint density at radius 3 is 2.73 bits per heavy atom. The predicted molar refractivity (Wildman–Crippen MR) is 131 cm³/mol. The highest BCUT2D eigenvalue weighted by atomic mass is 16.3. The molecule has 168 valence electrons. The van der Waals surface area contributed by atoms with Gasteiger partial charge in [0.1, 0.15) is 5.75 Å². The number of H-pyrrole nitrogens is 1. The van der Waals surface area contributed by atoms with Gasteiger partial charge in [-0.2, -0.15) is 0 Å². The van der Waals surface area contributed by atoms with E-state index in [1.165, 1.54) is 16.8 Å². The van der Waals surface area contributed by atoms with Gasteiger partial charge in [0.15, 0.2) is 0 Å². The van der Waals surface area contributed by atoms with Crippen molar-refractivity contribution >= 4 is 16.8 Å². The zero-order valence-corrected chi connectivity index (χ0v) is 18.7. The molecular formula is C28H29N3O2. The van der Waals surface area contributed by atoms with Gasteiger partial charge in [-0.15, -0.1) is 0 Å². The summed E-state index contributed by atoms with van der Waals surface area (Å²) in [7, 11) is 0. The molecule has 0 aliphatic carbocycles. The highest BCUT2D eigenvalue weighted by molar-refractivity contribution is 5.95. The Hall–Kier alpha value is -3.57. The van der Waals surface area contributed by atoms with Crippen LogP contribution in [0.2, 0.25) is 0 Å². The SMILES string of the molecule is O=C(NCCCc1ccccc1)c1ccccc1CN1CCc2c([nH]c3ccc(O)cc23)C1. The summed E-state index contributed by atoms with van der Waals surface area (Å²) in [4.78, 5) is 18.8. The molecule has 1 aliphatic heterocycles. The molecule has 1 aliphatic rings. The highest BCUT2D eigenvalue weighted by Gasteiger charge is 2.22. The van der Waals surface area contributed by atoms with E-state index in [0.717, 1.165) is 60.9 Å². The molecule has 1 amide bonds. The number of fused-ring (bicyclic) bond motifs is 3. The van der Waals surface area contributed by atoms with Gasteiger partial charge in [0.2, 0.25) is 0 Å². The molecule has 0 saturated carbocycles. The summed E-state index contributed by atoms with van der Waals surface area (Å²) in [5.41, 5.74) is 6.66. The quantitative estimate of drug-likeness (QED) is 0.363. The number of nitrogens with zero attached hydrogens (tertiary/aromatic N) is 1. The van der Waals surface area contributed by atoms with Crippen LogP contribution in [0, 0.1) is 0 Å². The fourth-order valence-electron chi connectivity index (χ4n) is 4.77. The van der Waals surface area contributed by atoms with Crippen LogP contribution in [0.3, 0.4) is 0 Å². The van der Waals surface area contributed by atoms with Gasteiger partial charge in [0.25, 0.3) is 5.91 Å². The minimum absolute atomic E-state index is 0.00236. The summed E-state index contributed by atoms with van der Waals surface area (Å²) in [5.74, 6) is 0.299. The van der Waals surface area contributed by atoms with E-state index in [2.05, 4.69) is 33.4 Å². The Bertz CT molecular complexity index is 1260. The first-order valence-electron chi connectivity index (χ1n) is 11.6. The Balaban J connectivity index is 1.22. The van der Waals surface area contributed by atoms with Gasteiger partial charge in [0, 0.05) is 48.3 Å². The summed E-state index contributed by atoms with van der Waals surface area (Å²) in [6.45, 7) is 3.12. The number of phenols is 1. The summed E-state index contributed by atoms with van der Waals surface area (Å²) in [6, 6.07) is 23.8. The number of carbonyl (C=O) groups excluding carboxylic acids is 1. The Morgan fingerprint density at radius 1 is 1.03 bits per heavy atom. The summed E-state index contributed by atoms with van der Waals surface area (Å²) in [5, 5.41) is 14.1. The second-order valence-corrected chi connectivity index (χ2v) is 8.77. The summed E-state index contributed by atoms with van der Waals surface area (Å²) >= 11 is 0. The maximum Gasteiger partial charge on any atom is 0.251 e. The van der Waals surface area contributed by atoms with Crippen molar-refractivity contribution in [2.75, 3.05) is 13.1 Å². The Morgan fingerprint density at radius 2 is 1.85 bits per heavy atom. The number of aryl methyl sites for hydroxylation is 1. The molecule has 0 bridgehead atoms. The molecule has 0 radical (unpaired) electrons. The normalized spacial score (nSPS) is 13.7. The smallest absolute Gasteiger partial charge is 0.251 e. The van der Waals surface area contributed by atoms with Gasteiger partial charge in [-0.1, -0.05) is 48.5 Å². The molecule has 0 fully saturated rings. The molecule has 0 saturated heterocycles. The van der Waals surface area contributed by atoms with E-state index in [9.17, 15) is 9.90 Å².